The molecule has 1 heterocycles. The number of nitrogens with zero attached hydrogens (tertiary/aromatic N) is 1. The molecule has 1 rings (SSSR count). The third-order valence-corrected chi connectivity index (χ3v) is 2.72. The first-order valence-electron chi connectivity index (χ1n) is 4.72. The van der Waals surface area contributed by atoms with E-state index < -0.39 is 0 Å². The molecule has 1 saturated heterocycles. The Morgan fingerprint density at radius 1 is 1.69 bits per heavy atom. The third kappa shape index (κ3) is 2.95. The molecule has 0 N–H and O–H groups in total. The topological polar surface area (TPSA) is 29.5 Å². The number of carbonyl (C=O) groups excluding carboxylic acids is 1. The van der Waals surface area contributed by atoms with Crippen LogP contribution in [-0.2, 0) is 9.53 Å². The Labute approximate surface area is 87.6 Å². The summed E-state index contributed by atoms with van der Waals surface area (Å²) in [5, 5.41) is 0.750. The molecule has 0 radical (unpaired) electrons. The van der Waals surface area contributed by atoms with Gasteiger partial charge >= 0.3 is 0 Å². The van der Waals surface area contributed by atoms with Crippen molar-refractivity contribution in [2.75, 3.05) is 25.1 Å². The number of rotatable bonds is 3. The monoisotopic (exact) mass is 249 g/mol. The van der Waals surface area contributed by atoms with Crippen LogP contribution in [0.15, 0.2) is 0 Å². The summed E-state index contributed by atoms with van der Waals surface area (Å²) in [7, 11) is 0. The Kier molecular flexibility index (Phi) is 4.73. The summed E-state index contributed by atoms with van der Waals surface area (Å²) in [4.78, 5) is 13.6. The number of alkyl halides is 1. The summed E-state index contributed by atoms with van der Waals surface area (Å²) in [6, 6.07) is 0.292. The zero-order valence-electron chi connectivity index (χ0n) is 7.96. The first kappa shape index (κ1) is 11.0. The number of hydrogen-bond acceptors (Lipinski definition) is 2. The van der Waals surface area contributed by atoms with E-state index in [-0.39, 0.29) is 5.91 Å². The van der Waals surface area contributed by atoms with Crippen molar-refractivity contribution < 1.29 is 9.53 Å². The summed E-state index contributed by atoms with van der Waals surface area (Å²) in [5.74, 6) is 0.243. The van der Waals surface area contributed by atoms with Crippen molar-refractivity contribution in [3.05, 3.63) is 0 Å². The molecule has 0 aromatic heterocycles. The first-order chi connectivity index (χ1) is 6.29. The molecule has 3 nitrogen and oxygen atoms in total. The fraction of sp³-hybridized carbons (Fsp3) is 0.889. The van der Waals surface area contributed by atoms with Crippen LogP contribution in [0, 0.1) is 0 Å². The minimum Gasteiger partial charge on any atom is -0.377 e. The number of ether oxygens (including phenoxy) is 1. The highest BCUT2D eigenvalue weighted by molar-refractivity contribution is 9.09. The van der Waals surface area contributed by atoms with Crippen LogP contribution in [0.4, 0.5) is 0 Å². The van der Waals surface area contributed by atoms with Crippen molar-refractivity contribution in [2.45, 2.75) is 25.8 Å². The lowest BCUT2D eigenvalue weighted by Crippen LogP contribution is -2.48. The summed E-state index contributed by atoms with van der Waals surface area (Å²) in [6.45, 7) is 4.23. The standard InChI is InChI=1S/C9H16BrNO2/c1-2-8-7-13-6-5-11(8)9(12)3-4-10/h8H,2-7H2,1H3. The minimum absolute atomic E-state index is 0.243. The lowest BCUT2D eigenvalue weighted by atomic mass is 10.1. The highest BCUT2D eigenvalue weighted by atomic mass is 79.9. The molecule has 13 heavy (non-hydrogen) atoms. The summed E-state index contributed by atoms with van der Waals surface area (Å²) >= 11 is 3.28. The van der Waals surface area contributed by atoms with Crippen LogP contribution in [0.3, 0.4) is 0 Å². The second-order valence-corrected chi connectivity index (χ2v) is 3.96. The fourth-order valence-corrected chi connectivity index (χ4v) is 1.89. The zero-order valence-corrected chi connectivity index (χ0v) is 9.55. The van der Waals surface area contributed by atoms with Crippen molar-refractivity contribution in [1.82, 2.24) is 4.90 Å². The molecule has 0 spiro atoms. The van der Waals surface area contributed by atoms with E-state index >= 15 is 0 Å². The quantitative estimate of drug-likeness (QED) is 0.709. The van der Waals surface area contributed by atoms with E-state index in [0.717, 1.165) is 18.3 Å². The minimum atomic E-state index is 0.243. The molecule has 1 aliphatic rings. The van der Waals surface area contributed by atoms with Crippen LogP contribution < -0.4 is 0 Å². The normalized spacial score (nSPS) is 23.2. The van der Waals surface area contributed by atoms with E-state index in [4.69, 9.17) is 4.74 Å². The summed E-state index contributed by atoms with van der Waals surface area (Å²) in [6.07, 6.45) is 1.57. The molecular formula is C9H16BrNO2. The Morgan fingerprint density at radius 2 is 2.46 bits per heavy atom. The van der Waals surface area contributed by atoms with E-state index in [2.05, 4.69) is 22.9 Å². The van der Waals surface area contributed by atoms with Crippen LogP contribution in [0.1, 0.15) is 19.8 Å². The van der Waals surface area contributed by atoms with Gasteiger partial charge in [0, 0.05) is 18.3 Å². The average molecular weight is 250 g/mol. The van der Waals surface area contributed by atoms with Gasteiger partial charge < -0.3 is 9.64 Å². The molecule has 0 aromatic rings. The van der Waals surface area contributed by atoms with Gasteiger partial charge in [0.25, 0.3) is 0 Å². The Hall–Kier alpha value is -0.0900. The molecule has 1 atom stereocenters. The van der Waals surface area contributed by atoms with Gasteiger partial charge in [-0.05, 0) is 6.42 Å². The van der Waals surface area contributed by atoms with Gasteiger partial charge in [0.05, 0.1) is 19.3 Å². The largest absolute Gasteiger partial charge is 0.377 e. The van der Waals surface area contributed by atoms with Gasteiger partial charge in [0.1, 0.15) is 0 Å². The molecule has 1 amide bonds. The van der Waals surface area contributed by atoms with Gasteiger partial charge in [-0.25, -0.2) is 0 Å². The second-order valence-electron chi connectivity index (χ2n) is 3.16. The van der Waals surface area contributed by atoms with Crippen LogP contribution in [0.2, 0.25) is 0 Å². The lowest BCUT2D eigenvalue weighted by molar-refractivity contribution is -0.139. The van der Waals surface area contributed by atoms with Gasteiger partial charge in [0.2, 0.25) is 5.91 Å². The van der Waals surface area contributed by atoms with Crippen LogP contribution in [0.25, 0.3) is 0 Å². The first-order valence-corrected chi connectivity index (χ1v) is 5.85. The maximum Gasteiger partial charge on any atom is 0.223 e. The average Bonchev–Trinajstić information content (AvgIpc) is 2.18. The van der Waals surface area contributed by atoms with E-state index in [1.54, 1.807) is 0 Å². The Balaban J connectivity index is 2.48. The number of amides is 1. The highest BCUT2D eigenvalue weighted by Crippen LogP contribution is 2.11. The molecule has 0 aromatic carbocycles. The molecule has 1 aliphatic heterocycles. The Morgan fingerprint density at radius 3 is 3.08 bits per heavy atom. The molecule has 1 unspecified atom stereocenters. The van der Waals surface area contributed by atoms with Crippen molar-refractivity contribution in [3.63, 3.8) is 0 Å². The number of morpholine rings is 1. The van der Waals surface area contributed by atoms with E-state index in [0.29, 0.717) is 25.7 Å². The van der Waals surface area contributed by atoms with E-state index in [1.807, 2.05) is 4.90 Å². The van der Waals surface area contributed by atoms with Crippen molar-refractivity contribution in [2.24, 2.45) is 0 Å². The van der Waals surface area contributed by atoms with E-state index in [9.17, 15) is 4.79 Å². The van der Waals surface area contributed by atoms with Crippen molar-refractivity contribution in [1.29, 1.82) is 0 Å². The molecule has 1 fully saturated rings. The molecular weight excluding hydrogens is 234 g/mol. The summed E-state index contributed by atoms with van der Waals surface area (Å²) < 4.78 is 5.33. The van der Waals surface area contributed by atoms with Crippen LogP contribution in [0.5, 0.6) is 0 Å². The molecule has 0 saturated carbocycles. The van der Waals surface area contributed by atoms with Gasteiger partial charge in [-0.1, -0.05) is 22.9 Å². The maximum absolute atomic E-state index is 11.6. The zero-order chi connectivity index (χ0) is 9.68. The molecule has 76 valence electrons. The Bertz CT molecular complexity index is 175. The second kappa shape index (κ2) is 5.60. The van der Waals surface area contributed by atoms with Gasteiger partial charge in [-0.3, -0.25) is 4.79 Å². The van der Waals surface area contributed by atoms with Crippen molar-refractivity contribution in [3.8, 4) is 0 Å². The smallest absolute Gasteiger partial charge is 0.223 e. The predicted octanol–water partition coefficient (Wildman–Crippen LogP) is 1.41. The molecule has 0 bridgehead atoms. The SMILES string of the molecule is CCC1COCCN1C(=O)CCBr. The van der Waals surface area contributed by atoms with Crippen molar-refractivity contribution >= 4 is 21.8 Å². The number of carbonyl (C=O) groups is 1. The lowest BCUT2D eigenvalue weighted by Gasteiger charge is -2.35. The fourth-order valence-electron chi connectivity index (χ4n) is 1.55. The van der Waals surface area contributed by atoms with Gasteiger partial charge in [-0.2, -0.15) is 0 Å². The third-order valence-electron chi connectivity index (χ3n) is 2.33. The van der Waals surface area contributed by atoms with Gasteiger partial charge in [0.15, 0.2) is 0 Å². The number of hydrogen-bond donors (Lipinski definition) is 0. The van der Waals surface area contributed by atoms with Crippen LogP contribution >= 0.6 is 15.9 Å². The highest BCUT2D eigenvalue weighted by Gasteiger charge is 2.24. The predicted molar refractivity (Wildman–Crippen MR) is 55.0 cm³/mol. The molecule has 0 aliphatic carbocycles. The van der Waals surface area contributed by atoms with E-state index in [1.165, 1.54) is 0 Å². The number of halogens is 1. The van der Waals surface area contributed by atoms with Crippen LogP contribution in [-0.4, -0.2) is 41.9 Å². The maximum atomic E-state index is 11.6. The molecule has 4 heteroatoms. The summed E-state index contributed by atoms with van der Waals surface area (Å²) in [5.41, 5.74) is 0. The van der Waals surface area contributed by atoms with Gasteiger partial charge in [-0.15, -0.1) is 0 Å².